The molecule has 0 aliphatic heterocycles. The normalized spacial score (nSPS) is 14.0. The summed E-state index contributed by atoms with van der Waals surface area (Å²) in [7, 11) is 0. The second-order valence-electron chi connectivity index (χ2n) is 6.05. The molecule has 0 spiro atoms. The third-order valence-electron chi connectivity index (χ3n) is 3.97. The molecule has 0 aliphatic rings. The molecule has 6 nitrogen and oxygen atoms in total. The summed E-state index contributed by atoms with van der Waals surface area (Å²) in [4.78, 5) is 21.2. The van der Waals surface area contributed by atoms with E-state index in [-0.39, 0.29) is 19.6 Å². The Kier molecular flexibility index (Phi) is 12.3. The van der Waals surface area contributed by atoms with Gasteiger partial charge in [0.1, 0.15) is 0 Å². The zero-order chi connectivity index (χ0) is 17.6. The van der Waals surface area contributed by atoms with Gasteiger partial charge in [-0.1, -0.05) is 25.8 Å². The first-order chi connectivity index (χ1) is 11.0. The molecule has 1 unspecified atom stereocenters. The van der Waals surface area contributed by atoms with Crippen LogP contribution in [-0.4, -0.2) is 53.0 Å². The Hall–Kier alpha value is -1.40. The zero-order valence-corrected chi connectivity index (χ0v) is 14.2. The monoisotopic (exact) mass is 329 g/mol. The van der Waals surface area contributed by atoms with Crippen molar-refractivity contribution < 1.29 is 29.4 Å². The molecule has 2 N–H and O–H groups in total. The van der Waals surface area contributed by atoms with Gasteiger partial charge in [-0.3, -0.25) is 9.28 Å². The fraction of sp³-hybridized carbons (Fsp3) is 0.765. The molecule has 23 heavy (non-hydrogen) atoms. The molecule has 0 aromatic rings. The molecule has 0 saturated carbocycles. The van der Waals surface area contributed by atoms with Crippen LogP contribution in [-0.2, 0) is 9.59 Å². The van der Waals surface area contributed by atoms with Crippen LogP contribution in [0.1, 0.15) is 58.3 Å². The van der Waals surface area contributed by atoms with E-state index in [9.17, 15) is 19.8 Å². The standard InChI is InChI=1S/C17H31NO5/c1-2-3-4-5-6-7-12-18(15-19,13-8-10-16(20)21)14-9-11-17(22)23/h6-7,19H,2-5,8-15H2,1H3,(H-,20,21,22,23)/b7-6+. The average Bonchev–Trinajstić information content (AvgIpc) is 2.49. The second kappa shape index (κ2) is 13.1. The van der Waals surface area contributed by atoms with Gasteiger partial charge < -0.3 is 20.1 Å². The molecular weight excluding hydrogens is 298 g/mol. The number of carboxylic acids is 2. The van der Waals surface area contributed by atoms with Crippen LogP contribution < -0.4 is 5.11 Å². The highest BCUT2D eigenvalue weighted by Crippen LogP contribution is 2.12. The van der Waals surface area contributed by atoms with Crippen LogP contribution in [0.3, 0.4) is 0 Å². The van der Waals surface area contributed by atoms with Crippen molar-refractivity contribution in [3.8, 4) is 0 Å². The smallest absolute Gasteiger partial charge is 0.303 e. The van der Waals surface area contributed by atoms with Crippen LogP contribution in [0.25, 0.3) is 0 Å². The van der Waals surface area contributed by atoms with Gasteiger partial charge in [-0.05, 0) is 25.3 Å². The van der Waals surface area contributed by atoms with Crippen molar-refractivity contribution in [2.24, 2.45) is 0 Å². The maximum Gasteiger partial charge on any atom is 0.303 e. The molecule has 0 radical (unpaired) electrons. The lowest BCUT2D eigenvalue weighted by Gasteiger charge is -2.36. The minimum Gasteiger partial charge on any atom is -0.550 e. The summed E-state index contributed by atoms with van der Waals surface area (Å²) in [5, 5.41) is 29.1. The first-order valence-corrected chi connectivity index (χ1v) is 8.48. The first kappa shape index (κ1) is 21.6. The van der Waals surface area contributed by atoms with Gasteiger partial charge in [0.2, 0.25) is 0 Å². The molecule has 0 heterocycles. The van der Waals surface area contributed by atoms with E-state index < -0.39 is 11.9 Å². The molecule has 0 saturated heterocycles. The predicted octanol–water partition coefficient (Wildman–Crippen LogP) is 1.28. The number of carbonyl (C=O) groups is 2. The molecule has 0 fully saturated rings. The third kappa shape index (κ3) is 11.8. The van der Waals surface area contributed by atoms with Crippen LogP contribution in [0.5, 0.6) is 0 Å². The molecule has 0 aliphatic carbocycles. The Balaban J connectivity index is 4.52. The number of hydrogen-bond donors (Lipinski definition) is 2. The Morgan fingerprint density at radius 1 is 1.04 bits per heavy atom. The molecule has 0 rings (SSSR count). The highest BCUT2D eigenvalue weighted by Gasteiger charge is 2.24. The Bertz CT molecular complexity index is 348. The van der Waals surface area contributed by atoms with Crippen LogP contribution >= 0.6 is 0 Å². The number of aliphatic carboxylic acids is 2. The fourth-order valence-electron chi connectivity index (χ4n) is 2.55. The lowest BCUT2D eigenvalue weighted by Crippen LogP contribution is -2.50. The molecule has 0 bridgehead atoms. The molecule has 1 atom stereocenters. The van der Waals surface area contributed by atoms with Crippen molar-refractivity contribution in [3.05, 3.63) is 12.2 Å². The van der Waals surface area contributed by atoms with Gasteiger partial charge in [-0.25, -0.2) is 0 Å². The zero-order valence-electron chi connectivity index (χ0n) is 14.2. The molecule has 0 aromatic heterocycles. The highest BCUT2D eigenvalue weighted by atomic mass is 16.4. The molecular formula is C17H31NO5. The van der Waals surface area contributed by atoms with Crippen molar-refractivity contribution in [1.82, 2.24) is 0 Å². The second-order valence-corrected chi connectivity index (χ2v) is 6.05. The minimum atomic E-state index is -1.10. The van der Waals surface area contributed by atoms with Crippen molar-refractivity contribution in [2.75, 3.05) is 26.4 Å². The van der Waals surface area contributed by atoms with Gasteiger partial charge in [0.05, 0.1) is 26.1 Å². The minimum absolute atomic E-state index is 0.0425. The van der Waals surface area contributed by atoms with Gasteiger partial charge in [-0.2, -0.15) is 0 Å². The number of carbonyl (C=O) groups excluding carboxylic acids is 1. The van der Waals surface area contributed by atoms with Crippen molar-refractivity contribution in [2.45, 2.75) is 58.3 Å². The maximum atomic E-state index is 10.7. The van der Waals surface area contributed by atoms with Crippen molar-refractivity contribution in [1.29, 1.82) is 0 Å². The number of quaternary nitrogens is 1. The number of unbranched alkanes of at least 4 members (excludes halogenated alkanes) is 3. The van der Waals surface area contributed by atoms with E-state index >= 15 is 0 Å². The first-order valence-electron chi connectivity index (χ1n) is 8.48. The number of carboxylic acid groups (broad SMARTS) is 2. The number of allylic oxidation sites excluding steroid dienone is 1. The highest BCUT2D eigenvalue weighted by molar-refractivity contribution is 5.66. The predicted molar refractivity (Wildman–Crippen MR) is 86.3 cm³/mol. The summed E-state index contributed by atoms with van der Waals surface area (Å²) < 4.78 is 0.310. The summed E-state index contributed by atoms with van der Waals surface area (Å²) in [5.74, 6) is -1.95. The molecule has 6 heteroatoms. The molecule has 0 aromatic carbocycles. The average molecular weight is 329 g/mol. The molecule has 0 amide bonds. The van der Waals surface area contributed by atoms with E-state index in [0.717, 1.165) is 12.8 Å². The summed E-state index contributed by atoms with van der Waals surface area (Å²) >= 11 is 0. The number of aliphatic hydroxyl groups excluding tert-OH is 1. The Morgan fingerprint density at radius 3 is 2.22 bits per heavy atom. The summed E-state index contributed by atoms with van der Waals surface area (Å²) in [6, 6.07) is 0. The number of hydrogen-bond acceptors (Lipinski definition) is 4. The summed E-state index contributed by atoms with van der Waals surface area (Å²) in [5.41, 5.74) is 0. The van der Waals surface area contributed by atoms with Crippen LogP contribution in [0.15, 0.2) is 12.2 Å². The quantitative estimate of drug-likeness (QED) is 0.204. The van der Waals surface area contributed by atoms with E-state index in [1.807, 2.05) is 6.08 Å². The van der Waals surface area contributed by atoms with Crippen molar-refractivity contribution >= 4 is 11.9 Å². The van der Waals surface area contributed by atoms with Gasteiger partial charge in [0.15, 0.2) is 6.73 Å². The maximum absolute atomic E-state index is 10.7. The fourth-order valence-corrected chi connectivity index (χ4v) is 2.55. The number of rotatable bonds is 15. The Labute approximate surface area is 139 Å². The number of nitrogens with zero attached hydrogens (tertiary/aromatic N) is 1. The summed E-state index contributed by atoms with van der Waals surface area (Å²) in [6.45, 7) is 3.65. The van der Waals surface area contributed by atoms with Crippen molar-refractivity contribution in [3.63, 3.8) is 0 Å². The van der Waals surface area contributed by atoms with Gasteiger partial charge in [0.25, 0.3) is 0 Å². The van der Waals surface area contributed by atoms with Crippen LogP contribution in [0.2, 0.25) is 0 Å². The van der Waals surface area contributed by atoms with E-state index in [1.54, 1.807) is 0 Å². The van der Waals surface area contributed by atoms with E-state index in [4.69, 9.17) is 5.11 Å². The van der Waals surface area contributed by atoms with Gasteiger partial charge >= 0.3 is 5.97 Å². The SMILES string of the molecule is CCCCC/C=C/C[N+](CO)(CCCC(=O)[O-])CCCC(=O)O. The Morgan fingerprint density at radius 2 is 1.70 bits per heavy atom. The largest absolute Gasteiger partial charge is 0.550 e. The lowest BCUT2D eigenvalue weighted by atomic mass is 10.2. The molecule has 134 valence electrons. The van der Waals surface area contributed by atoms with Crippen LogP contribution in [0, 0.1) is 0 Å². The lowest BCUT2D eigenvalue weighted by molar-refractivity contribution is -0.940. The third-order valence-corrected chi connectivity index (χ3v) is 3.97. The van der Waals surface area contributed by atoms with Crippen LogP contribution in [0.4, 0.5) is 0 Å². The number of aliphatic hydroxyl groups is 1. The van der Waals surface area contributed by atoms with E-state index in [0.29, 0.717) is 37.0 Å². The topological polar surface area (TPSA) is 97.7 Å². The van der Waals surface area contributed by atoms with E-state index in [2.05, 4.69) is 13.0 Å². The van der Waals surface area contributed by atoms with Gasteiger partial charge in [0, 0.05) is 18.8 Å². The van der Waals surface area contributed by atoms with E-state index in [1.165, 1.54) is 12.8 Å². The summed E-state index contributed by atoms with van der Waals surface area (Å²) in [6.07, 6.45) is 9.49. The van der Waals surface area contributed by atoms with Gasteiger partial charge in [-0.15, -0.1) is 0 Å².